The number of anilines is 1. The van der Waals surface area contributed by atoms with Gasteiger partial charge in [0.2, 0.25) is 0 Å². The highest BCUT2D eigenvalue weighted by Gasteiger charge is 2.30. The maximum Gasteiger partial charge on any atom is 0.256 e. The molecule has 0 aliphatic carbocycles. The van der Waals surface area contributed by atoms with Gasteiger partial charge in [-0.1, -0.05) is 29.3 Å². The predicted molar refractivity (Wildman–Crippen MR) is 84.1 cm³/mol. The zero-order valence-corrected chi connectivity index (χ0v) is 13.2. The minimum absolute atomic E-state index is 0.0958. The molecule has 0 spiro atoms. The number of amides is 1. The molecular formula is C14H12Cl2N2OS. The molecule has 0 fully saturated rings. The fraction of sp³-hybridized carbons (Fsp3) is 0.214. The first-order chi connectivity index (χ1) is 9.49. The molecule has 0 saturated carbocycles. The lowest BCUT2D eigenvalue weighted by Gasteiger charge is -2.27. The van der Waals surface area contributed by atoms with E-state index in [9.17, 15) is 4.79 Å². The molecule has 2 heterocycles. The summed E-state index contributed by atoms with van der Waals surface area (Å²) in [5.41, 5.74) is 2.42. The predicted octanol–water partition coefficient (Wildman–Crippen LogP) is 4.53. The molecule has 1 aliphatic heterocycles. The Balaban J connectivity index is 2.06. The van der Waals surface area contributed by atoms with Crippen LogP contribution >= 0.6 is 34.5 Å². The van der Waals surface area contributed by atoms with Crippen LogP contribution in [0.3, 0.4) is 0 Å². The Bertz CT molecular complexity index is 691. The highest BCUT2D eigenvalue weighted by atomic mass is 35.5. The summed E-state index contributed by atoms with van der Waals surface area (Å²) in [5.74, 6) is -0.0958. The van der Waals surface area contributed by atoms with Crippen LogP contribution in [0.1, 0.15) is 32.5 Å². The van der Waals surface area contributed by atoms with Crippen LogP contribution in [-0.2, 0) is 0 Å². The molecule has 20 heavy (non-hydrogen) atoms. The smallest absolute Gasteiger partial charge is 0.256 e. The van der Waals surface area contributed by atoms with Crippen molar-refractivity contribution >= 4 is 45.4 Å². The van der Waals surface area contributed by atoms with E-state index < -0.39 is 6.17 Å². The number of carbonyl (C=O) groups is 1. The number of rotatable bonds is 1. The largest absolute Gasteiger partial charge is 0.353 e. The molecule has 2 aromatic rings. The van der Waals surface area contributed by atoms with E-state index >= 15 is 0 Å². The zero-order chi connectivity index (χ0) is 14.4. The van der Waals surface area contributed by atoms with Crippen molar-refractivity contribution in [1.82, 2.24) is 5.32 Å². The summed E-state index contributed by atoms with van der Waals surface area (Å²) in [4.78, 5) is 13.4. The first-order valence-electron chi connectivity index (χ1n) is 6.10. The lowest BCUT2D eigenvalue weighted by molar-refractivity contribution is 0.0936. The number of hydrogen-bond donors (Lipinski definition) is 2. The average molecular weight is 327 g/mol. The number of nitrogens with one attached hydrogen (secondary N) is 2. The second-order valence-corrected chi connectivity index (χ2v) is 6.71. The lowest BCUT2D eigenvalue weighted by Crippen LogP contribution is -2.38. The van der Waals surface area contributed by atoms with Gasteiger partial charge in [0.05, 0.1) is 5.56 Å². The van der Waals surface area contributed by atoms with Gasteiger partial charge >= 0.3 is 0 Å². The van der Waals surface area contributed by atoms with Crippen molar-refractivity contribution in [2.75, 3.05) is 5.32 Å². The molecule has 1 aliphatic rings. The Morgan fingerprint density at radius 3 is 2.45 bits per heavy atom. The van der Waals surface area contributed by atoms with E-state index in [2.05, 4.69) is 10.6 Å². The second kappa shape index (κ2) is 4.95. The van der Waals surface area contributed by atoms with Crippen LogP contribution in [0.15, 0.2) is 18.2 Å². The van der Waals surface area contributed by atoms with Crippen LogP contribution in [0.4, 0.5) is 5.00 Å². The Labute approximate surface area is 130 Å². The zero-order valence-electron chi connectivity index (χ0n) is 10.9. The fourth-order valence-corrected chi connectivity index (χ4v) is 4.00. The van der Waals surface area contributed by atoms with Gasteiger partial charge in [0.25, 0.3) is 5.91 Å². The summed E-state index contributed by atoms with van der Waals surface area (Å²) in [6.45, 7) is 3.96. The molecule has 104 valence electrons. The van der Waals surface area contributed by atoms with E-state index in [-0.39, 0.29) is 5.91 Å². The number of benzene rings is 1. The van der Waals surface area contributed by atoms with Gasteiger partial charge in [-0.15, -0.1) is 11.3 Å². The maximum absolute atomic E-state index is 12.3. The molecule has 0 saturated heterocycles. The van der Waals surface area contributed by atoms with Gasteiger partial charge in [-0.2, -0.15) is 0 Å². The van der Waals surface area contributed by atoms with Crippen molar-refractivity contribution in [2.45, 2.75) is 20.0 Å². The number of thiophene rings is 1. The van der Waals surface area contributed by atoms with Crippen molar-refractivity contribution in [2.24, 2.45) is 0 Å². The third-order valence-electron chi connectivity index (χ3n) is 3.45. The normalized spacial score (nSPS) is 17.4. The monoisotopic (exact) mass is 326 g/mol. The van der Waals surface area contributed by atoms with Gasteiger partial charge in [-0.25, -0.2) is 0 Å². The SMILES string of the molecule is Cc1sc2c(c1C)C(=O)NC(c1c(Cl)cccc1Cl)N2. The molecule has 6 heteroatoms. The van der Waals surface area contributed by atoms with Crippen molar-refractivity contribution in [3.05, 3.63) is 49.8 Å². The molecule has 2 N–H and O–H groups in total. The standard InChI is InChI=1S/C14H12Cl2N2OS/c1-6-7(2)20-14-10(6)13(19)17-12(18-14)11-8(15)4-3-5-9(11)16/h3-5,12,18H,1-2H3,(H,17,19). The van der Waals surface area contributed by atoms with Crippen molar-refractivity contribution in [1.29, 1.82) is 0 Å². The number of halogens is 2. The molecular weight excluding hydrogens is 315 g/mol. The molecule has 0 bridgehead atoms. The quantitative estimate of drug-likeness (QED) is 0.808. The summed E-state index contributed by atoms with van der Waals surface area (Å²) >= 11 is 14.0. The summed E-state index contributed by atoms with van der Waals surface area (Å²) in [5, 5.41) is 8.15. The van der Waals surface area contributed by atoms with Crippen LogP contribution in [0.2, 0.25) is 10.0 Å². The summed E-state index contributed by atoms with van der Waals surface area (Å²) < 4.78 is 0. The Morgan fingerprint density at radius 1 is 1.15 bits per heavy atom. The first-order valence-corrected chi connectivity index (χ1v) is 7.67. The highest BCUT2D eigenvalue weighted by molar-refractivity contribution is 7.16. The van der Waals surface area contributed by atoms with Crippen molar-refractivity contribution in [3.8, 4) is 0 Å². The van der Waals surface area contributed by atoms with Crippen molar-refractivity contribution < 1.29 is 4.79 Å². The van der Waals surface area contributed by atoms with E-state index in [1.54, 1.807) is 29.5 Å². The van der Waals surface area contributed by atoms with Crippen molar-refractivity contribution in [3.63, 3.8) is 0 Å². The minimum atomic E-state index is -0.409. The van der Waals surface area contributed by atoms with E-state index in [1.165, 1.54) is 0 Å². The molecule has 3 rings (SSSR count). The molecule has 1 aromatic heterocycles. The van der Waals surface area contributed by atoms with Crippen LogP contribution < -0.4 is 10.6 Å². The topological polar surface area (TPSA) is 41.1 Å². The Kier molecular flexibility index (Phi) is 3.40. The Morgan fingerprint density at radius 2 is 1.80 bits per heavy atom. The van der Waals surface area contributed by atoms with E-state index in [4.69, 9.17) is 23.2 Å². The second-order valence-electron chi connectivity index (χ2n) is 4.67. The van der Waals surface area contributed by atoms with Crippen LogP contribution in [0.25, 0.3) is 0 Å². The van der Waals surface area contributed by atoms with E-state index in [0.29, 0.717) is 21.2 Å². The van der Waals surface area contributed by atoms with Crippen LogP contribution in [-0.4, -0.2) is 5.91 Å². The maximum atomic E-state index is 12.3. The summed E-state index contributed by atoms with van der Waals surface area (Å²) in [6.07, 6.45) is -0.409. The lowest BCUT2D eigenvalue weighted by atomic mass is 10.1. The fourth-order valence-electron chi connectivity index (χ4n) is 2.30. The van der Waals surface area contributed by atoms with Gasteiger partial charge < -0.3 is 10.6 Å². The van der Waals surface area contributed by atoms with Gasteiger partial charge in [0, 0.05) is 20.5 Å². The Hall–Kier alpha value is -1.23. The van der Waals surface area contributed by atoms with E-state index in [0.717, 1.165) is 15.4 Å². The molecule has 1 unspecified atom stereocenters. The molecule has 1 atom stereocenters. The third kappa shape index (κ3) is 2.08. The van der Waals surface area contributed by atoms with Gasteiger partial charge in [-0.05, 0) is 31.5 Å². The molecule has 3 nitrogen and oxygen atoms in total. The minimum Gasteiger partial charge on any atom is -0.353 e. The van der Waals surface area contributed by atoms with Gasteiger partial charge in [0.1, 0.15) is 11.2 Å². The molecule has 0 radical (unpaired) electrons. The van der Waals surface area contributed by atoms with Crippen LogP contribution in [0, 0.1) is 13.8 Å². The molecule has 1 aromatic carbocycles. The van der Waals surface area contributed by atoms with E-state index in [1.807, 2.05) is 13.8 Å². The first kappa shape index (κ1) is 13.7. The van der Waals surface area contributed by atoms with Gasteiger partial charge in [0.15, 0.2) is 0 Å². The number of hydrogen-bond acceptors (Lipinski definition) is 3. The summed E-state index contributed by atoms with van der Waals surface area (Å²) in [7, 11) is 0. The summed E-state index contributed by atoms with van der Waals surface area (Å²) in [6, 6.07) is 5.30. The third-order valence-corrected chi connectivity index (χ3v) is 5.25. The number of carbonyl (C=O) groups excluding carboxylic acids is 1. The van der Waals surface area contributed by atoms with Gasteiger partial charge in [-0.3, -0.25) is 4.79 Å². The number of aryl methyl sites for hydroxylation is 1. The van der Waals surface area contributed by atoms with Crippen LogP contribution in [0.5, 0.6) is 0 Å². The average Bonchev–Trinajstić information content (AvgIpc) is 2.65. The molecule has 1 amide bonds. The highest BCUT2D eigenvalue weighted by Crippen LogP contribution is 2.39. The number of fused-ring (bicyclic) bond motifs is 1.